The van der Waals surface area contributed by atoms with Gasteiger partial charge in [-0.2, -0.15) is 0 Å². The third-order valence-electron chi connectivity index (χ3n) is 1.67. The van der Waals surface area contributed by atoms with Gasteiger partial charge in [0.25, 0.3) is 0 Å². The lowest BCUT2D eigenvalue weighted by Gasteiger charge is -2.19. The molecule has 0 amide bonds. The summed E-state index contributed by atoms with van der Waals surface area (Å²) in [4.78, 5) is 0. The van der Waals surface area contributed by atoms with Gasteiger partial charge in [0.05, 0.1) is 12.1 Å². The molecule has 1 heteroatoms. The molecule has 0 radical (unpaired) electrons. The van der Waals surface area contributed by atoms with E-state index in [4.69, 9.17) is 0 Å². The lowest BCUT2D eigenvalue weighted by atomic mass is 10.0. The normalized spacial score (nSPS) is 12.0. The second-order valence-electron chi connectivity index (χ2n) is 2.95. The third kappa shape index (κ3) is 3.03. The first kappa shape index (κ1) is 7.96. The number of rotatable bonds is 3. The van der Waals surface area contributed by atoms with Crippen LogP contribution in [0.15, 0.2) is 0 Å². The molecule has 0 atom stereocenters. The Balaban J connectivity index is 3.37. The predicted molar refractivity (Wildman–Crippen MR) is 36.8 cm³/mol. The lowest BCUT2D eigenvalue weighted by molar-refractivity contribution is -0.718. The van der Waals surface area contributed by atoms with Crippen molar-refractivity contribution in [1.82, 2.24) is 0 Å². The van der Waals surface area contributed by atoms with Crippen LogP contribution in [0.4, 0.5) is 0 Å². The maximum Gasteiger partial charge on any atom is 0.0901 e. The van der Waals surface area contributed by atoms with Gasteiger partial charge in [-0.15, -0.1) is 0 Å². The smallest absolute Gasteiger partial charge is 0.0901 e. The van der Waals surface area contributed by atoms with E-state index in [-0.39, 0.29) is 0 Å². The van der Waals surface area contributed by atoms with Crippen LogP contribution >= 0.6 is 0 Å². The highest BCUT2D eigenvalue weighted by Crippen LogP contribution is 1.97. The second kappa shape index (κ2) is 3.08. The van der Waals surface area contributed by atoms with Crippen molar-refractivity contribution < 1.29 is 5.32 Å². The van der Waals surface area contributed by atoms with Gasteiger partial charge in [0.1, 0.15) is 0 Å². The Hall–Kier alpha value is -0.0400. The zero-order valence-corrected chi connectivity index (χ0v) is 6.49. The maximum absolute atomic E-state index is 2.37. The van der Waals surface area contributed by atoms with Crippen molar-refractivity contribution in [1.29, 1.82) is 0 Å². The largest absolute Gasteiger partial charge is 0.342 e. The molecular formula is C7H18N+. The monoisotopic (exact) mass is 116 g/mol. The molecule has 0 saturated heterocycles. The summed E-state index contributed by atoms with van der Waals surface area (Å²) in [6.07, 6.45) is 1.25. The van der Waals surface area contributed by atoms with Crippen molar-refractivity contribution in [3.63, 3.8) is 0 Å². The molecule has 0 aliphatic heterocycles. The number of hydrogen-bond donors (Lipinski definition) is 1. The lowest BCUT2D eigenvalue weighted by Crippen LogP contribution is -2.94. The number of nitrogens with two attached hydrogens (primary N) is 1. The summed E-state index contributed by atoms with van der Waals surface area (Å²) in [5, 5.41) is 2.37. The molecule has 0 bridgehead atoms. The van der Waals surface area contributed by atoms with E-state index < -0.39 is 0 Å². The molecule has 8 heavy (non-hydrogen) atoms. The summed E-state index contributed by atoms with van der Waals surface area (Å²) in [6, 6.07) is 0. The van der Waals surface area contributed by atoms with Crippen LogP contribution in [-0.2, 0) is 0 Å². The Kier molecular flexibility index (Phi) is 3.06. The van der Waals surface area contributed by atoms with Crippen LogP contribution in [0.25, 0.3) is 0 Å². The van der Waals surface area contributed by atoms with Crippen molar-refractivity contribution >= 4 is 0 Å². The van der Waals surface area contributed by atoms with Gasteiger partial charge in [0.2, 0.25) is 0 Å². The fourth-order valence-corrected chi connectivity index (χ4v) is 0.697. The first-order chi connectivity index (χ1) is 3.62. The van der Waals surface area contributed by atoms with Gasteiger partial charge in [-0.3, -0.25) is 0 Å². The third-order valence-corrected chi connectivity index (χ3v) is 1.67. The van der Waals surface area contributed by atoms with Crippen LogP contribution < -0.4 is 5.32 Å². The summed E-state index contributed by atoms with van der Waals surface area (Å²) < 4.78 is 0. The molecule has 0 aromatic rings. The predicted octanol–water partition coefficient (Wildman–Crippen LogP) is 0.758. The first-order valence-corrected chi connectivity index (χ1v) is 3.46. The summed E-state index contributed by atoms with van der Waals surface area (Å²) in [7, 11) is 0. The van der Waals surface area contributed by atoms with Crippen LogP contribution in [0.3, 0.4) is 0 Å². The van der Waals surface area contributed by atoms with E-state index in [1.165, 1.54) is 13.0 Å². The molecule has 0 unspecified atom stereocenters. The molecule has 0 heterocycles. The Morgan fingerprint density at radius 1 is 1.25 bits per heavy atom. The van der Waals surface area contributed by atoms with Gasteiger partial charge in [0.15, 0.2) is 0 Å². The van der Waals surface area contributed by atoms with Crippen LogP contribution in [0, 0.1) is 0 Å². The molecule has 1 nitrogen and oxygen atoms in total. The molecule has 50 valence electrons. The Morgan fingerprint density at radius 2 is 1.75 bits per heavy atom. The van der Waals surface area contributed by atoms with Gasteiger partial charge in [-0.05, 0) is 27.2 Å². The maximum atomic E-state index is 2.37. The van der Waals surface area contributed by atoms with Crippen LogP contribution in [0.5, 0.6) is 0 Å². The number of quaternary nitrogens is 1. The summed E-state index contributed by atoms with van der Waals surface area (Å²) >= 11 is 0. The summed E-state index contributed by atoms with van der Waals surface area (Å²) in [5.41, 5.74) is 0.467. The molecule has 0 aromatic heterocycles. The van der Waals surface area contributed by atoms with Gasteiger partial charge >= 0.3 is 0 Å². The van der Waals surface area contributed by atoms with Crippen molar-refractivity contribution in [3.8, 4) is 0 Å². The minimum absolute atomic E-state index is 0.467. The summed E-state index contributed by atoms with van der Waals surface area (Å²) in [5.74, 6) is 0. The molecule has 0 aromatic carbocycles. The van der Waals surface area contributed by atoms with E-state index in [1.807, 2.05) is 0 Å². The van der Waals surface area contributed by atoms with Crippen molar-refractivity contribution in [2.45, 2.75) is 39.7 Å². The van der Waals surface area contributed by atoms with Crippen LogP contribution in [0.1, 0.15) is 34.1 Å². The van der Waals surface area contributed by atoms with Crippen LogP contribution in [-0.4, -0.2) is 12.1 Å². The highest BCUT2D eigenvalue weighted by molar-refractivity contribution is 4.58. The minimum Gasteiger partial charge on any atom is -0.342 e. The number of hydrogen-bond acceptors (Lipinski definition) is 0. The molecule has 0 rings (SSSR count). The fourth-order valence-electron chi connectivity index (χ4n) is 0.697. The van der Waals surface area contributed by atoms with Gasteiger partial charge in [-0.25, -0.2) is 0 Å². The highest BCUT2D eigenvalue weighted by Gasteiger charge is 2.15. The van der Waals surface area contributed by atoms with Gasteiger partial charge < -0.3 is 5.32 Å². The van der Waals surface area contributed by atoms with Crippen molar-refractivity contribution in [2.24, 2.45) is 0 Å². The molecule has 2 N–H and O–H groups in total. The molecule has 0 aliphatic rings. The second-order valence-corrected chi connectivity index (χ2v) is 2.95. The quantitative estimate of drug-likeness (QED) is 0.560. The molecular weight excluding hydrogens is 98.1 g/mol. The average Bonchev–Trinajstić information content (AvgIpc) is 1.67. The first-order valence-electron chi connectivity index (χ1n) is 3.46. The zero-order valence-electron chi connectivity index (χ0n) is 6.49. The molecule has 0 aliphatic carbocycles. The summed E-state index contributed by atoms with van der Waals surface area (Å²) in [6.45, 7) is 10.2. The van der Waals surface area contributed by atoms with Gasteiger partial charge in [0, 0.05) is 0 Å². The Bertz CT molecular complexity index is 57.4. The van der Waals surface area contributed by atoms with E-state index in [2.05, 4.69) is 33.0 Å². The van der Waals surface area contributed by atoms with Crippen molar-refractivity contribution in [2.75, 3.05) is 6.54 Å². The van der Waals surface area contributed by atoms with E-state index >= 15 is 0 Å². The van der Waals surface area contributed by atoms with Gasteiger partial charge in [-0.1, -0.05) is 6.92 Å². The Morgan fingerprint density at radius 3 is 1.88 bits per heavy atom. The topological polar surface area (TPSA) is 16.6 Å². The van der Waals surface area contributed by atoms with Crippen molar-refractivity contribution in [3.05, 3.63) is 0 Å². The molecule has 0 saturated carbocycles. The average molecular weight is 116 g/mol. The van der Waals surface area contributed by atoms with E-state index in [0.29, 0.717) is 5.54 Å². The SMILES string of the molecule is CC[NH2+]C(C)(C)CC. The molecule has 0 fully saturated rings. The Labute approximate surface area is 52.5 Å². The fraction of sp³-hybridized carbons (Fsp3) is 1.00. The molecule has 0 spiro atoms. The van der Waals surface area contributed by atoms with E-state index in [1.54, 1.807) is 0 Å². The van der Waals surface area contributed by atoms with E-state index in [0.717, 1.165) is 0 Å². The highest BCUT2D eigenvalue weighted by atomic mass is 14.9. The van der Waals surface area contributed by atoms with Crippen LogP contribution in [0.2, 0.25) is 0 Å². The zero-order chi connectivity index (χ0) is 6.62. The standard InChI is InChI=1S/C7H17N/c1-5-7(3,4)8-6-2/h8H,5-6H2,1-4H3/p+1. The minimum atomic E-state index is 0.467. The van der Waals surface area contributed by atoms with E-state index in [9.17, 15) is 0 Å².